The van der Waals surface area contributed by atoms with Gasteiger partial charge in [0.1, 0.15) is 5.82 Å². The van der Waals surface area contributed by atoms with E-state index < -0.39 is 0 Å². The lowest BCUT2D eigenvalue weighted by atomic mass is 9.94. The van der Waals surface area contributed by atoms with Crippen molar-refractivity contribution in [1.82, 2.24) is 14.1 Å². The highest BCUT2D eigenvalue weighted by Gasteiger charge is 2.25. The summed E-state index contributed by atoms with van der Waals surface area (Å²) in [6, 6.07) is 62.0. The van der Waals surface area contributed by atoms with Gasteiger partial charge >= 0.3 is 0 Å². The van der Waals surface area contributed by atoms with Crippen molar-refractivity contribution in [1.29, 1.82) is 0 Å². The summed E-state index contributed by atoms with van der Waals surface area (Å²) in [5, 5.41) is 9.92. The molecule has 3 heterocycles. The molecular formula is C49H29N3. The summed E-state index contributed by atoms with van der Waals surface area (Å²) in [5.74, 6) is 0.960. The molecule has 0 amide bonds. The van der Waals surface area contributed by atoms with Crippen molar-refractivity contribution in [2.75, 3.05) is 0 Å². The Hall–Kier alpha value is -6.97. The van der Waals surface area contributed by atoms with Crippen LogP contribution in [0.15, 0.2) is 176 Å². The zero-order valence-electron chi connectivity index (χ0n) is 28.1. The van der Waals surface area contributed by atoms with Gasteiger partial charge in [-0.25, -0.2) is 4.98 Å². The van der Waals surface area contributed by atoms with E-state index in [1.807, 2.05) is 0 Å². The zero-order chi connectivity index (χ0) is 33.9. The number of para-hydroxylation sites is 3. The molecule has 1 aliphatic carbocycles. The Morgan fingerprint density at radius 1 is 0.327 bits per heavy atom. The van der Waals surface area contributed by atoms with Crippen molar-refractivity contribution in [3.63, 3.8) is 0 Å². The van der Waals surface area contributed by atoms with Crippen LogP contribution in [0.2, 0.25) is 0 Å². The maximum atomic E-state index is 5.30. The lowest BCUT2D eigenvalue weighted by Gasteiger charge is -2.14. The highest BCUT2D eigenvalue weighted by Crippen LogP contribution is 2.49. The van der Waals surface area contributed by atoms with Gasteiger partial charge in [0.2, 0.25) is 0 Å². The third kappa shape index (κ3) is 3.61. The average molecular weight is 660 g/mol. The molecule has 8 aromatic carbocycles. The fourth-order valence-electron chi connectivity index (χ4n) is 9.14. The van der Waals surface area contributed by atoms with Crippen molar-refractivity contribution in [3.05, 3.63) is 176 Å². The second kappa shape index (κ2) is 10.3. The average Bonchev–Trinajstić information content (AvgIpc) is 3.85. The summed E-state index contributed by atoms with van der Waals surface area (Å²) in [7, 11) is 0. The number of hydrogen-bond donors (Lipinski definition) is 0. The van der Waals surface area contributed by atoms with Crippen molar-refractivity contribution in [3.8, 4) is 44.9 Å². The third-order valence-corrected chi connectivity index (χ3v) is 11.3. The van der Waals surface area contributed by atoms with Crippen molar-refractivity contribution in [2.24, 2.45) is 0 Å². The second-order valence-electron chi connectivity index (χ2n) is 13.9. The number of pyridine rings is 1. The third-order valence-electron chi connectivity index (χ3n) is 11.3. The quantitative estimate of drug-likeness (QED) is 0.185. The number of rotatable bonds is 3. The molecule has 0 unspecified atom stereocenters. The summed E-state index contributed by atoms with van der Waals surface area (Å²) in [6.45, 7) is 0. The fraction of sp³-hybridized carbons (Fsp3) is 0. The van der Waals surface area contributed by atoms with E-state index >= 15 is 0 Å². The molecule has 0 N–H and O–H groups in total. The largest absolute Gasteiger partial charge is 0.309 e. The molecule has 12 rings (SSSR count). The van der Waals surface area contributed by atoms with Gasteiger partial charge in [-0.2, -0.15) is 0 Å². The van der Waals surface area contributed by atoms with Gasteiger partial charge < -0.3 is 4.57 Å². The number of fused-ring (bicyclic) bond motifs is 11. The van der Waals surface area contributed by atoms with Crippen LogP contribution < -0.4 is 0 Å². The molecule has 3 heteroatoms. The van der Waals surface area contributed by atoms with Crippen molar-refractivity contribution >= 4 is 65.2 Å². The van der Waals surface area contributed by atoms with Gasteiger partial charge in [0.25, 0.3) is 0 Å². The smallest absolute Gasteiger partial charge is 0.145 e. The predicted molar refractivity (Wildman–Crippen MR) is 218 cm³/mol. The molecule has 0 aliphatic heterocycles. The van der Waals surface area contributed by atoms with E-state index in [9.17, 15) is 0 Å². The summed E-state index contributed by atoms with van der Waals surface area (Å²) < 4.78 is 4.79. The minimum Gasteiger partial charge on any atom is -0.309 e. The van der Waals surface area contributed by atoms with Crippen molar-refractivity contribution < 1.29 is 0 Å². The number of benzene rings is 8. The Labute approximate surface area is 299 Å². The van der Waals surface area contributed by atoms with Crippen LogP contribution in [0.25, 0.3) is 110 Å². The standard InChI is InChI=1S/C49H29N3/c1-2-13-31(14-3-1)51-43-23-10-8-18-35(43)41-27-30(25-26-45(41)51)40-28-46-48(37-19-7-6-17-34(37)40)38-20-9-11-24-44(38)52(46)49-39-22-12-21-36-32-15-4-5-16-33(32)42(29-50-49)47(36)39/h1-29H. The summed E-state index contributed by atoms with van der Waals surface area (Å²) in [5.41, 5.74) is 13.3. The molecular weight excluding hydrogens is 631 g/mol. The Kier molecular flexibility index (Phi) is 5.50. The first-order valence-electron chi connectivity index (χ1n) is 17.9. The number of aromatic nitrogens is 3. The van der Waals surface area contributed by atoms with Gasteiger partial charge in [0, 0.05) is 49.8 Å². The van der Waals surface area contributed by atoms with E-state index in [1.165, 1.54) is 93.2 Å². The highest BCUT2D eigenvalue weighted by atomic mass is 15.1. The molecule has 0 saturated heterocycles. The van der Waals surface area contributed by atoms with E-state index in [4.69, 9.17) is 4.98 Å². The lowest BCUT2D eigenvalue weighted by Crippen LogP contribution is -1.99. The van der Waals surface area contributed by atoms with E-state index in [-0.39, 0.29) is 0 Å². The Balaban J connectivity index is 1.18. The Bertz CT molecular complexity index is 3260. The van der Waals surface area contributed by atoms with Crippen LogP contribution in [0.5, 0.6) is 0 Å². The van der Waals surface area contributed by atoms with Crippen LogP contribution in [0.3, 0.4) is 0 Å². The molecule has 0 bridgehead atoms. The van der Waals surface area contributed by atoms with Crippen molar-refractivity contribution in [2.45, 2.75) is 0 Å². The van der Waals surface area contributed by atoms with Gasteiger partial charge in [0.05, 0.1) is 22.1 Å². The topological polar surface area (TPSA) is 22.8 Å². The van der Waals surface area contributed by atoms with E-state index in [0.717, 1.165) is 16.9 Å². The maximum absolute atomic E-state index is 5.30. The molecule has 1 aliphatic rings. The molecule has 11 aromatic rings. The summed E-state index contributed by atoms with van der Waals surface area (Å²) >= 11 is 0. The minimum atomic E-state index is 0.960. The molecule has 0 spiro atoms. The molecule has 0 saturated carbocycles. The van der Waals surface area contributed by atoms with Crippen LogP contribution in [0.4, 0.5) is 0 Å². The van der Waals surface area contributed by atoms with E-state index in [2.05, 4.69) is 185 Å². The van der Waals surface area contributed by atoms with Crippen LogP contribution in [0, 0.1) is 0 Å². The number of hydrogen-bond acceptors (Lipinski definition) is 1. The van der Waals surface area contributed by atoms with Crippen LogP contribution in [0.1, 0.15) is 0 Å². The highest BCUT2D eigenvalue weighted by molar-refractivity contribution is 6.25. The normalized spacial score (nSPS) is 12.2. The predicted octanol–water partition coefficient (Wildman–Crippen LogP) is 12.9. The van der Waals surface area contributed by atoms with Gasteiger partial charge in [-0.05, 0) is 81.1 Å². The molecule has 52 heavy (non-hydrogen) atoms. The molecule has 0 radical (unpaired) electrons. The number of nitrogens with zero attached hydrogens (tertiary/aromatic N) is 3. The first-order chi connectivity index (χ1) is 25.8. The lowest BCUT2D eigenvalue weighted by molar-refractivity contribution is 1.10. The molecule has 0 atom stereocenters. The van der Waals surface area contributed by atoms with Crippen LogP contribution in [-0.2, 0) is 0 Å². The molecule has 3 nitrogen and oxygen atoms in total. The van der Waals surface area contributed by atoms with Crippen LogP contribution in [-0.4, -0.2) is 14.1 Å². The molecule has 3 aromatic heterocycles. The van der Waals surface area contributed by atoms with Gasteiger partial charge in [-0.15, -0.1) is 0 Å². The molecule has 240 valence electrons. The zero-order valence-corrected chi connectivity index (χ0v) is 28.1. The van der Waals surface area contributed by atoms with Crippen LogP contribution >= 0.6 is 0 Å². The Morgan fingerprint density at radius 2 is 0.942 bits per heavy atom. The Morgan fingerprint density at radius 3 is 1.77 bits per heavy atom. The van der Waals surface area contributed by atoms with Gasteiger partial charge in [0.15, 0.2) is 0 Å². The first kappa shape index (κ1) is 27.8. The fourth-order valence-corrected chi connectivity index (χ4v) is 9.14. The summed E-state index contributed by atoms with van der Waals surface area (Å²) in [4.78, 5) is 5.30. The minimum absolute atomic E-state index is 0.960. The van der Waals surface area contributed by atoms with Gasteiger partial charge in [-0.1, -0.05) is 127 Å². The second-order valence-corrected chi connectivity index (χ2v) is 13.9. The van der Waals surface area contributed by atoms with E-state index in [1.54, 1.807) is 0 Å². The SMILES string of the molecule is c1ccc(-n2c3ccccc3c3cc(-c4cc5c(c6ccccc46)c4ccccc4n5-c4ncc5c6c(cccc46)-c4ccccc4-5)ccc32)cc1. The maximum Gasteiger partial charge on any atom is 0.145 e. The first-order valence-corrected chi connectivity index (χ1v) is 17.9. The summed E-state index contributed by atoms with van der Waals surface area (Å²) in [6.07, 6.45) is 2.09. The monoisotopic (exact) mass is 659 g/mol. The van der Waals surface area contributed by atoms with E-state index in [0.29, 0.717) is 0 Å². The molecule has 0 fully saturated rings. The van der Waals surface area contributed by atoms with Gasteiger partial charge in [-0.3, -0.25) is 4.57 Å².